The number of hydrogen-bond donors (Lipinski definition) is 3. The number of amides is 2. The molecule has 0 aliphatic rings. The summed E-state index contributed by atoms with van der Waals surface area (Å²) in [5.41, 5.74) is 1.88. The fourth-order valence-corrected chi connectivity index (χ4v) is 1.91. The van der Waals surface area contributed by atoms with Crippen molar-refractivity contribution in [3.05, 3.63) is 46.8 Å². The smallest absolute Gasteiger partial charge is 0.319 e. The monoisotopic (exact) mass is 300 g/mol. The van der Waals surface area contributed by atoms with Crippen LogP contribution in [0.15, 0.2) is 41.2 Å². The van der Waals surface area contributed by atoms with Gasteiger partial charge in [-0.15, -0.1) is 0 Å². The molecular formula is C16H20N4O2. The zero-order chi connectivity index (χ0) is 15.9. The van der Waals surface area contributed by atoms with E-state index in [1.165, 1.54) is 6.07 Å². The van der Waals surface area contributed by atoms with Crippen LogP contribution >= 0.6 is 0 Å². The third-order valence-electron chi connectivity index (χ3n) is 3.10. The van der Waals surface area contributed by atoms with Crippen LogP contribution in [-0.4, -0.2) is 22.8 Å². The number of urea groups is 1. The summed E-state index contributed by atoms with van der Waals surface area (Å²) in [4.78, 5) is 22.8. The lowest BCUT2D eigenvalue weighted by Gasteiger charge is -2.10. The Morgan fingerprint density at radius 2 is 2.09 bits per heavy atom. The molecule has 0 saturated heterocycles. The normalized spacial score (nSPS) is 10.5. The van der Waals surface area contributed by atoms with Crippen LogP contribution in [0.3, 0.4) is 0 Å². The SMILES string of the molecule is CC(C)CCNC(=O)Nc1cccc(-c2ccc(=O)[nH]n2)c1. The van der Waals surface area contributed by atoms with Gasteiger partial charge < -0.3 is 10.6 Å². The van der Waals surface area contributed by atoms with Gasteiger partial charge in [-0.05, 0) is 30.5 Å². The number of nitrogens with zero attached hydrogens (tertiary/aromatic N) is 1. The van der Waals surface area contributed by atoms with Gasteiger partial charge in [0.25, 0.3) is 5.56 Å². The third kappa shape index (κ3) is 4.73. The molecule has 22 heavy (non-hydrogen) atoms. The lowest BCUT2D eigenvalue weighted by molar-refractivity contribution is 0.251. The van der Waals surface area contributed by atoms with Gasteiger partial charge in [-0.1, -0.05) is 26.0 Å². The molecule has 2 amide bonds. The first-order valence-corrected chi connectivity index (χ1v) is 7.25. The van der Waals surface area contributed by atoms with E-state index in [0.29, 0.717) is 23.8 Å². The Bertz CT molecular complexity index is 674. The quantitative estimate of drug-likeness (QED) is 0.793. The molecule has 0 radical (unpaired) electrons. The summed E-state index contributed by atoms with van der Waals surface area (Å²) < 4.78 is 0. The van der Waals surface area contributed by atoms with Crippen LogP contribution < -0.4 is 16.2 Å². The van der Waals surface area contributed by atoms with E-state index in [0.717, 1.165) is 12.0 Å². The van der Waals surface area contributed by atoms with Crippen LogP contribution in [0.1, 0.15) is 20.3 Å². The Morgan fingerprint density at radius 3 is 2.77 bits per heavy atom. The molecule has 0 spiro atoms. The summed E-state index contributed by atoms with van der Waals surface area (Å²) in [6.45, 7) is 4.87. The highest BCUT2D eigenvalue weighted by atomic mass is 16.2. The van der Waals surface area contributed by atoms with Crippen molar-refractivity contribution in [2.24, 2.45) is 5.92 Å². The lowest BCUT2D eigenvalue weighted by atomic mass is 10.1. The number of nitrogens with one attached hydrogen (secondary N) is 3. The number of aromatic amines is 1. The third-order valence-corrected chi connectivity index (χ3v) is 3.10. The molecule has 1 aromatic heterocycles. The second kappa shape index (κ2) is 7.40. The van der Waals surface area contributed by atoms with Crippen molar-refractivity contribution in [2.75, 3.05) is 11.9 Å². The van der Waals surface area contributed by atoms with Gasteiger partial charge >= 0.3 is 6.03 Å². The average Bonchev–Trinajstić information content (AvgIpc) is 2.48. The molecule has 0 bridgehead atoms. The molecule has 1 heterocycles. The van der Waals surface area contributed by atoms with E-state index in [9.17, 15) is 9.59 Å². The molecule has 2 rings (SSSR count). The van der Waals surface area contributed by atoms with Crippen LogP contribution in [0.25, 0.3) is 11.3 Å². The molecule has 6 heteroatoms. The maximum atomic E-state index is 11.8. The van der Waals surface area contributed by atoms with Crippen molar-refractivity contribution < 1.29 is 4.79 Å². The van der Waals surface area contributed by atoms with E-state index >= 15 is 0 Å². The van der Waals surface area contributed by atoms with Gasteiger partial charge in [-0.2, -0.15) is 5.10 Å². The highest BCUT2D eigenvalue weighted by molar-refractivity contribution is 5.89. The molecule has 1 aromatic carbocycles. The van der Waals surface area contributed by atoms with Gasteiger partial charge in [0.15, 0.2) is 0 Å². The van der Waals surface area contributed by atoms with E-state index in [4.69, 9.17) is 0 Å². The Morgan fingerprint density at radius 1 is 1.27 bits per heavy atom. The average molecular weight is 300 g/mol. The Labute approximate surface area is 129 Å². The summed E-state index contributed by atoms with van der Waals surface area (Å²) in [5.74, 6) is 0.551. The molecule has 0 saturated carbocycles. The number of carbonyl (C=O) groups excluding carboxylic acids is 1. The Hall–Kier alpha value is -2.63. The minimum Gasteiger partial charge on any atom is -0.338 e. The van der Waals surface area contributed by atoms with Gasteiger partial charge in [0, 0.05) is 23.9 Å². The molecule has 0 aliphatic carbocycles. The number of carbonyl (C=O) groups is 1. The van der Waals surface area contributed by atoms with Crippen LogP contribution in [0.2, 0.25) is 0 Å². The molecule has 0 aliphatic heterocycles. The molecule has 0 fully saturated rings. The van der Waals surface area contributed by atoms with Crippen LogP contribution in [0.4, 0.5) is 10.5 Å². The lowest BCUT2D eigenvalue weighted by Crippen LogP contribution is -2.30. The first-order chi connectivity index (χ1) is 10.5. The summed E-state index contributed by atoms with van der Waals surface area (Å²) >= 11 is 0. The number of aromatic nitrogens is 2. The number of hydrogen-bond acceptors (Lipinski definition) is 3. The highest BCUT2D eigenvalue weighted by Gasteiger charge is 2.04. The molecule has 6 nitrogen and oxygen atoms in total. The molecule has 116 valence electrons. The second-order valence-electron chi connectivity index (χ2n) is 5.45. The molecule has 0 atom stereocenters. The van der Waals surface area contributed by atoms with Gasteiger partial charge in [0.2, 0.25) is 0 Å². The molecule has 3 N–H and O–H groups in total. The minimum absolute atomic E-state index is 0.229. The zero-order valence-corrected chi connectivity index (χ0v) is 12.7. The topological polar surface area (TPSA) is 86.9 Å². The highest BCUT2D eigenvalue weighted by Crippen LogP contribution is 2.19. The number of benzene rings is 1. The van der Waals surface area contributed by atoms with Gasteiger partial charge in [0.1, 0.15) is 0 Å². The standard InChI is InChI=1S/C16H20N4O2/c1-11(2)8-9-17-16(22)18-13-5-3-4-12(10-13)14-6-7-15(21)20-19-14/h3-7,10-11H,8-9H2,1-2H3,(H,20,21)(H2,17,18,22). The zero-order valence-electron chi connectivity index (χ0n) is 12.7. The van der Waals surface area contributed by atoms with Crippen molar-refractivity contribution in [3.63, 3.8) is 0 Å². The maximum Gasteiger partial charge on any atom is 0.319 e. The number of rotatable bonds is 5. The van der Waals surface area contributed by atoms with Gasteiger partial charge in [-0.25, -0.2) is 9.89 Å². The van der Waals surface area contributed by atoms with Crippen LogP contribution in [0.5, 0.6) is 0 Å². The number of H-pyrrole nitrogens is 1. The fraction of sp³-hybridized carbons (Fsp3) is 0.312. The first kappa shape index (κ1) is 15.8. The summed E-state index contributed by atoms with van der Waals surface area (Å²) in [7, 11) is 0. The minimum atomic E-state index is -0.248. The van der Waals surface area contributed by atoms with Crippen molar-refractivity contribution in [1.82, 2.24) is 15.5 Å². The van der Waals surface area contributed by atoms with E-state index in [1.807, 2.05) is 18.2 Å². The summed E-state index contributed by atoms with van der Waals surface area (Å²) in [6, 6.07) is 10.1. The Balaban J connectivity index is 2.01. The van der Waals surface area contributed by atoms with Crippen LogP contribution in [-0.2, 0) is 0 Å². The Kier molecular flexibility index (Phi) is 5.30. The molecule has 2 aromatic rings. The summed E-state index contributed by atoms with van der Waals surface area (Å²) in [5, 5.41) is 12.0. The van der Waals surface area contributed by atoms with Crippen molar-refractivity contribution in [3.8, 4) is 11.3 Å². The van der Waals surface area contributed by atoms with Gasteiger partial charge in [0.05, 0.1) is 5.69 Å². The van der Waals surface area contributed by atoms with Crippen molar-refractivity contribution in [1.29, 1.82) is 0 Å². The fourth-order valence-electron chi connectivity index (χ4n) is 1.91. The predicted octanol–water partition coefficient (Wildman–Crippen LogP) is 2.60. The largest absolute Gasteiger partial charge is 0.338 e. The van der Waals surface area contributed by atoms with Crippen LogP contribution in [0, 0.1) is 5.92 Å². The maximum absolute atomic E-state index is 11.8. The predicted molar refractivity (Wildman–Crippen MR) is 86.8 cm³/mol. The molecular weight excluding hydrogens is 280 g/mol. The second-order valence-corrected chi connectivity index (χ2v) is 5.45. The van der Waals surface area contributed by atoms with E-state index in [1.54, 1.807) is 12.1 Å². The number of anilines is 1. The van der Waals surface area contributed by atoms with Gasteiger partial charge in [-0.3, -0.25) is 4.79 Å². The van der Waals surface area contributed by atoms with E-state index in [2.05, 4.69) is 34.7 Å². The van der Waals surface area contributed by atoms with Crippen molar-refractivity contribution >= 4 is 11.7 Å². The van der Waals surface area contributed by atoms with Crippen molar-refractivity contribution in [2.45, 2.75) is 20.3 Å². The van der Waals surface area contributed by atoms with E-state index < -0.39 is 0 Å². The summed E-state index contributed by atoms with van der Waals surface area (Å²) in [6.07, 6.45) is 0.939. The van der Waals surface area contributed by atoms with E-state index in [-0.39, 0.29) is 11.6 Å². The molecule has 0 unspecified atom stereocenters. The first-order valence-electron chi connectivity index (χ1n) is 7.25.